The molecule has 0 unspecified atom stereocenters. The highest BCUT2D eigenvalue weighted by molar-refractivity contribution is 7.16. The number of halogens is 2. The Hall–Kier alpha value is -3.07. The van der Waals surface area contributed by atoms with E-state index in [0.29, 0.717) is 10.6 Å². The van der Waals surface area contributed by atoms with Crippen molar-refractivity contribution < 1.29 is 27.5 Å². The van der Waals surface area contributed by atoms with Crippen LogP contribution >= 0.6 is 11.3 Å². The van der Waals surface area contributed by atoms with Crippen molar-refractivity contribution in [1.29, 1.82) is 0 Å². The topological polar surface area (TPSA) is 81.4 Å². The third-order valence-electron chi connectivity index (χ3n) is 4.43. The number of amides is 1. The fourth-order valence-electron chi connectivity index (χ4n) is 2.81. The molecule has 0 aliphatic heterocycles. The van der Waals surface area contributed by atoms with E-state index >= 15 is 0 Å². The van der Waals surface area contributed by atoms with Crippen molar-refractivity contribution in [1.82, 2.24) is 4.98 Å². The smallest absolute Gasteiger partial charge is 0.341 e. The molecule has 0 spiro atoms. The highest BCUT2D eigenvalue weighted by Crippen LogP contribution is 2.33. The van der Waals surface area contributed by atoms with Gasteiger partial charge in [0, 0.05) is 23.8 Å². The van der Waals surface area contributed by atoms with Gasteiger partial charge in [-0.2, -0.15) is 0 Å². The lowest BCUT2D eigenvalue weighted by Crippen LogP contribution is -2.15. The Morgan fingerprint density at radius 3 is 2.73 bits per heavy atom. The second kappa shape index (κ2) is 9.17. The number of benzene rings is 1. The van der Waals surface area contributed by atoms with Crippen molar-refractivity contribution in [2.24, 2.45) is 0 Å². The van der Waals surface area contributed by atoms with E-state index in [1.54, 1.807) is 13.8 Å². The first-order valence-corrected chi connectivity index (χ1v) is 10.1. The molecule has 0 aliphatic carbocycles. The van der Waals surface area contributed by atoms with Crippen LogP contribution in [0.15, 0.2) is 28.8 Å². The van der Waals surface area contributed by atoms with Gasteiger partial charge in [-0.15, -0.1) is 11.3 Å². The van der Waals surface area contributed by atoms with Crippen molar-refractivity contribution in [3.63, 3.8) is 0 Å². The van der Waals surface area contributed by atoms with Crippen LogP contribution in [0, 0.1) is 25.5 Å². The van der Waals surface area contributed by atoms with Crippen molar-refractivity contribution in [2.45, 2.75) is 33.6 Å². The van der Waals surface area contributed by atoms with Gasteiger partial charge in [-0.3, -0.25) is 4.79 Å². The number of carbonyl (C=O) groups is 2. The van der Waals surface area contributed by atoms with E-state index in [1.165, 1.54) is 23.6 Å². The first-order valence-electron chi connectivity index (χ1n) is 9.27. The summed E-state index contributed by atoms with van der Waals surface area (Å²) in [5.41, 5.74) is 1.22. The molecule has 158 valence electrons. The quantitative estimate of drug-likeness (QED) is 0.527. The molecule has 0 fully saturated rings. The zero-order valence-corrected chi connectivity index (χ0v) is 17.5. The molecule has 1 N–H and O–H groups in total. The van der Waals surface area contributed by atoms with Crippen LogP contribution in [0.25, 0.3) is 11.3 Å². The van der Waals surface area contributed by atoms with Crippen molar-refractivity contribution >= 4 is 28.2 Å². The summed E-state index contributed by atoms with van der Waals surface area (Å²) in [5, 5.41) is 3.18. The lowest BCUT2D eigenvalue weighted by atomic mass is 10.1. The van der Waals surface area contributed by atoms with Crippen molar-refractivity contribution in [3.05, 3.63) is 57.9 Å². The standard InChI is InChI=1S/C21H20F2N2O4S/c1-4-28-21(27)19-11(2)12(3)30-20(19)25-17(26)7-8-18-24-10-16(29-18)14-6-5-13(22)9-15(14)23/h5-6,9-10H,4,7-8H2,1-3H3,(H,25,26). The number of aromatic nitrogens is 1. The second-order valence-electron chi connectivity index (χ2n) is 6.50. The van der Waals surface area contributed by atoms with Crippen LogP contribution < -0.4 is 5.32 Å². The molecule has 30 heavy (non-hydrogen) atoms. The SMILES string of the molecule is CCOC(=O)c1c(NC(=O)CCc2ncc(-c3ccc(F)cc3F)o2)sc(C)c1C. The van der Waals surface area contributed by atoms with Crippen molar-refractivity contribution in [3.8, 4) is 11.3 Å². The van der Waals surface area contributed by atoms with Crippen LogP contribution in [0.5, 0.6) is 0 Å². The Morgan fingerprint density at radius 2 is 2.03 bits per heavy atom. The molecule has 2 aromatic heterocycles. The number of oxazole rings is 1. The van der Waals surface area contributed by atoms with Crippen LogP contribution in [0.1, 0.15) is 40.0 Å². The molecule has 1 aromatic carbocycles. The van der Waals surface area contributed by atoms with E-state index in [1.807, 2.05) is 6.92 Å². The lowest BCUT2D eigenvalue weighted by molar-refractivity contribution is -0.116. The zero-order chi connectivity index (χ0) is 21.8. The van der Waals surface area contributed by atoms with Gasteiger partial charge in [0.2, 0.25) is 5.91 Å². The number of nitrogens with zero attached hydrogens (tertiary/aromatic N) is 1. The molecule has 1 amide bonds. The highest BCUT2D eigenvalue weighted by atomic mass is 32.1. The number of aryl methyl sites for hydroxylation is 2. The van der Waals surface area contributed by atoms with Crippen LogP contribution in [-0.2, 0) is 16.0 Å². The summed E-state index contributed by atoms with van der Waals surface area (Å²) >= 11 is 1.31. The molecule has 0 radical (unpaired) electrons. The summed E-state index contributed by atoms with van der Waals surface area (Å²) in [7, 11) is 0. The number of thiophene rings is 1. The van der Waals surface area contributed by atoms with Gasteiger partial charge in [0.25, 0.3) is 0 Å². The lowest BCUT2D eigenvalue weighted by Gasteiger charge is -2.06. The molecular weight excluding hydrogens is 414 g/mol. The van der Waals surface area contributed by atoms with E-state index in [9.17, 15) is 18.4 Å². The van der Waals surface area contributed by atoms with E-state index in [-0.39, 0.29) is 42.6 Å². The summed E-state index contributed by atoms with van der Waals surface area (Å²) in [5.74, 6) is -1.85. The van der Waals surface area contributed by atoms with Crippen LogP contribution in [-0.4, -0.2) is 23.5 Å². The molecule has 9 heteroatoms. The number of esters is 1. The minimum atomic E-state index is -0.759. The summed E-state index contributed by atoms with van der Waals surface area (Å²) in [4.78, 5) is 29.5. The van der Waals surface area contributed by atoms with Crippen molar-refractivity contribution in [2.75, 3.05) is 11.9 Å². The number of rotatable bonds is 7. The Morgan fingerprint density at radius 1 is 1.27 bits per heavy atom. The Kier molecular flexibility index (Phi) is 6.61. The average molecular weight is 434 g/mol. The Labute approximate surface area is 175 Å². The monoisotopic (exact) mass is 434 g/mol. The minimum Gasteiger partial charge on any atom is -0.462 e. The Bertz CT molecular complexity index is 1090. The molecule has 0 atom stereocenters. The number of anilines is 1. The molecular formula is C21H20F2N2O4S. The summed E-state index contributed by atoms with van der Waals surface area (Å²) in [6.45, 7) is 5.62. The number of carbonyl (C=O) groups excluding carboxylic acids is 2. The maximum Gasteiger partial charge on any atom is 0.341 e. The number of hydrogen-bond acceptors (Lipinski definition) is 6. The molecule has 0 bridgehead atoms. The molecule has 0 saturated heterocycles. The largest absolute Gasteiger partial charge is 0.462 e. The molecule has 2 heterocycles. The summed E-state index contributed by atoms with van der Waals surface area (Å²) in [6, 6.07) is 3.15. The van der Waals surface area contributed by atoms with Crippen LogP contribution in [0.4, 0.5) is 13.8 Å². The maximum atomic E-state index is 13.9. The molecule has 3 rings (SSSR count). The highest BCUT2D eigenvalue weighted by Gasteiger charge is 2.22. The summed E-state index contributed by atoms with van der Waals surface area (Å²) in [6.07, 6.45) is 1.55. The number of ether oxygens (including phenoxy) is 1. The third kappa shape index (κ3) is 4.73. The van der Waals surface area contributed by atoms with Gasteiger partial charge in [-0.25, -0.2) is 18.6 Å². The van der Waals surface area contributed by atoms with Crippen LogP contribution in [0.2, 0.25) is 0 Å². The van der Waals surface area contributed by atoms with Gasteiger partial charge in [0.15, 0.2) is 11.7 Å². The number of hydrogen-bond donors (Lipinski definition) is 1. The molecule has 6 nitrogen and oxygen atoms in total. The van der Waals surface area contributed by atoms with E-state index in [4.69, 9.17) is 9.15 Å². The summed E-state index contributed by atoms with van der Waals surface area (Å²) < 4.78 is 37.5. The number of nitrogens with one attached hydrogen (secondary N) is 1. The van der Waals surface area contributed by atoms with E-state index < -0.39 is 17.6 Å². The normalized spacial score (nSPS) is 10.8. The first-order chi connectivity index (χ1) is 14.3. The van der Waals surface area contributed by atoms with Gasteiger partial charge in [0.1, 0.15) is 16.6 Å². The first kappa shape index (κ1) is 21.6. The fourth-order valence-corrected chi connectivity index (χ4v) is 3.88. The minimum absolute atomic E-state index is 0.0457. The Balaban J connectivity index is 1.65. The average Bonchev–Trinajstić information content (AvgIpc) is 3.25. The second-order valence-corrected chi connectivity index (χ2v) is 7.72. The fraction of sp³-hybridized carbons (Fsp3) is 0.286. The predicted octanol–water partition coefficient (Wildman–Crippen LogP) is 5.05. The third-order valence-corrected chi connectivity index (χ3v) is 5.56. The maximum absolute atomic E-state index is 13.9. The molecule has 0 saturated carbocycles. The van der Waals surface area contributed by atoms with Gasteiger partial charge in [-0.05, 0) is 38.5 Å². The van der Waals surface area contributed by atoms with Crippen LogP contribution in [0.3, 0.4) is 0 Å². The van der Waals surface area contributed by atoms with Gasteiger partial charge in [-0.1, -0.05) is 0 Å². The van der Waals surface area contributed by atoms with E-state index in [2.05, 4.69) is 10.3 Å². The molecule has 0 aliphatic rings. The predicted molar refractivity (Wildman–Crippen MR) is 109 cm³/mol. The van der Waals surface area contributed by atoms with Gasteiger partial charge < -0.3 is 14.5 Å². The van der Waals surface area contributed by atoms with Gasteiger partial charge >= 0.3 is 5.97 Å². The zero-order valence-electron chi connectivity index (χ0n) is 16.7. The molecule has 3 aromatic rings. The van der Waals surface area contributed by atoms with E-state index in [0.717, 1.165) is 22.6 Å². The van der Waals surface area contributed by atoms with Gasteiger partial charge in [0.05, 0.1) is 23.9 Å².